The van der Waals surface area contributed by atoms with Crippen molar-refractivity contribution in [2.75, 3.05) is 31.1 Å². The molecule has 0 bridgehead atoms. The zero-order chi connectivity index (χ0) is 34.0. The third kappa shape index (κ3) is 5.03. The summed E-state index contributed by atoms with van der Waals surface area (Å²) in [4.78, 5) is 14.0. The average molecular weight is 682 g/mol. The van der Waals surface area contributed by atoms with Gasteiger partial charge in [0.05, 0.1) is 11.0 Å². The lowest BCUT2D eigenvalue weighted by Gasteiger charge is -2.32. The molecule has 5 aliphatic rings. The van der Waals surface area contributed by atoms with E-state index >= 15 is 0 Å². The lowest BCUT2D eigenvalue weighted by atomic mass is 9.93. The van der Waals surface area contributed by atoms with Crippen LogP contribution in [0, 0.1) is 5.92 Å². The van der Waals surface area contributed by atoms with Crippen molar-refractivity contribution < 1.29 is 22.7 Å². The Labute approximate surface area is 290 Å². The highest BCUT2D eigenvalue weighted by molar-refractivity contribution is 7.89. The normalized spacial score (nSPS) is 17.7. The summed E-state index contributed by atoms with van der Waals surface area (Å²) in [5, 5.41) is 13.3. The fourth-order valence-electron chi connectivity index (χ4n) is 8.08. The summed E-state index contributed by atoms with van der Waals surface area (Å²) >= 11 is 0. The summed E-state index contributed by atoms with van der Waals surface area (Å²) in [6.45, 7) is 1.98. The minimum Gasteiger partial charge on any atom is -0.550 e. The Bertz CT molecular complexity index is 2480. The van der Waals surface area contributed by atoms with Gasteiger partial charge in [-0.3, -0.25) is 0 Å². The summed E-state index contributed by atoms with van der Waals surface area (Å²) in [6, 6.07) is 36.4. The van der Waals surface area contributed by atoms with Gasteiger partial charge in [0, 0.05) is 95.2 Å². The molecular weight excluding hydrogens is 647 g/mol. The minimum absolute atomic E-state index is 0.127. The molecule has 0 atom stereocenters. The Hall–Kier alpha value is -5.25. The molecule has 4 heterocycles. The number of aliphatic carboxylic acids is 1. The van der Waals surface area contributed by atoms with E-state index in [9.17, 15) is 18.3 Å². The molecule has 0 spiro atoms. The fourth-order valence-corrected chi connectivity index (χ4v) is 9.74. The first-order valence-electron chi connectivity index (χ1n) is 17.2. The Balaban J connectivity index is 1.25. The van der Waals surface area contributed by atoms with E-state index < -0.39 is 21.9 Å². The summed E-state index contributed by atoms with van der Waals surface area (Å²) in [5.41, 5.74) is 8.83. The van der Waals surface area contributed by atoms with Gasteiger partial charge in [-0.05, 0) is 55.2 Å². The summed E-state index contributed by atoms with van der Waals surface area (Å²) in [5.74, 6) is -1.11. The number of carboxylic acids is 1. The Morgan fingerprint density at radius 3 is 2.38 bits per heavy atom. The van der Waals surface area contributed by atoms with Gasteiger partial charge in [0.25, 0.3) is 0 Å². The van der Waals surface area contributed by atoms with Crippen LogP contribution in [0.1, 0.15) is 24.0 Å². The maximum Gasteiger partial charge on any atom is 0.243 e. The lowest BCUT2D eigenvalue weighted by Crippen LogP contribution is -2.43. The van der Waals surface area contributed by atoms with Crippen LogP contribution in [0.25, 0.3) is 33.4 Å². The molecule has 0 aromatic heterocycles. The molecule has 0 radical (unpaired) electrons. The zero-order valence-corrected chi connectivity index (χ0v) is 28.2. The second-order valence-electron chi connectivity index (χ2n) is 13.4. The van der Waals surface area contributed by atoms with Gasteiger partial charge in [0.2, 0.25) is 21.1 Å². The molecule has 1 saturated heterocycles. The third-order valence-corrected chi connectivity index (χ3v) is 12.6. The number of carbonyl (C=O) groups is 1. The number of benzene rings is 5. The smallest absolute Gasteiger partial charge is 0.243 e. The number of hydrogen-bond donors (Lipinski definition) is 0. The van der Waals surface area contributed by atoms with Crippen LogP contribution in [0.3, 0.4) is 0 Å². The van der Waals surface area contributed by atoms with Crippen LogP contribution in [-0.2, 0) is 27.7 Å². The Kier molecular flexibility index (Phi) is 7.37. The maximum absolute atomic E-state index is 14.3. The molecule has 4 aromatic carbocycles. The van der Waals surface area contributed by atoms with Crippen molar-refractivity contribution in [3.8, 4) is 22.5 Å². The van der Waals surface area contributed by atoms with E-state index in [1.165, 1.54) is 26.8 Å². The largest absolute Gasteiger partial charge is 0.550 e. The Morgan fingerprint density at radius 2 is 1.54 bits per heavy atom. The van der Waals surface area contributed by atoms with Crippen LogP contribution in [0.15, 0.2) is 119 Å². The van der Waals surface area contributed by atoms with Crippen molar-refractivity contribution in [2.45, 2.75) is 30.6 Å². The van der Waals surface area contributed by atoms with Gasteiger partial charge in [-0.1, -0.05) is 54.6 Å². The van der Waals surface area contributed by atoms with Crippen LogP contribution in [-0.4, -0.2) is 44.9 Å². The summed E-state index contributed by atoms with van der Waals surface area (Å²) in [6.07, 6.45) is 2.37. The second-order valence-corrected chi connectivity index (χ2v) is 15.3. The first kappa shape index (κ1) is 30.8. The predicted octanol–water partition coefficient (Wildman–Crippen LogP) is 5.71. The summed E-state index contributed by atoms with van der Waals surface area (Å²) in [7, 11) is -3.96. The van der Waals surface area contributed by atoms with Gasteiger partial charge in [0.15, 0.2) is 6.54 Å². The van der Waals surface area contributed by atoms with Gasteiger partial charge < -0.3 is 19.2 Å². The van der Waals surface area contributed by atoms with Gasteiger partial charge >= 0.3 is 0 Å². The number of carboxylic acid groups (broad SMARTS) is 1. The molecule has 8 nitrogen and oxygen atoms in total. The number of carbonyl (C=O) groups excluding carboxylic acids is 1. The van der Waals surface area contributed by atoms with E-state index in [4.69, 9.17) is 4.42 Å². The van der Waals surface area contributed by atoms with Crippen molar-refractivity contribution >= 4 is 44.0 Å². The average Bonchev–Trinajstić information content (AvgIpc) is 3.78. The van der Waals surface area contributed by atoms with Gasteiger partial charge in [-0.25, -0.2) is 8.42 Å². The number of fused-ring (bicyclic) bond motifs is 4. The van der Waals surface area contributed by atoms with E-state index in [2.05, 4.69) is 82.3 Å². The van der Waals surface area contributed by atoms with Crippen LogP contribution in [0.4, 0.5) is 17.1 Å². The fraction of sp³-hybridized carbons (Fsp3) is 0.220. The quantitative estimate of drug-likeness (QED) is 0.171. The van der Waals surface area contributed by atoms with E-state index in [0.717, 1.165) is 53.5 Å². The molecular formula is C41H35N3O5S. The number of rotatable bonds is 5. The van der Waals surface area contributed by atoms with E-state index in [1.807, 2.05) is 24.3 Å². The number of sulfonamides is 1. The zero-order valence-electron chi connectivity index (χ0n) is 27.4. The van der Waals surface area contributed by atoms with E-state index in [1.54, 1.807) is 12.1 Å². The number of hydrogen-bond acceptors (Lipinski definition) is 6. The standard InChI is InChI=1S/C41H35N3O5S/c45-41(46)29-17-21-42(22-18-29)50(47,48)39-12-6-3-9-34(39)40-32-15-13-30(43-23-19-27-7-1-4-10-35(27)43)25-37(32)49-38-26-31(14-16-33(38)40)44-24-20-28-8-2-5-11-36(28)44/h1-16,25-26,29H,17-24H2. The summed E-state index contributed by atoms with van der Waals surface area (Å²) < 4.78 is 39.2. The SMILES string of the molecule is O=C([O-])C1CCN(S(=O)(=O)c2ccccc2-c2c3ccc(=[N+]4CCc5ccccc54)cc-3oc3cc(N4CCc5ccccc54)ccc23)CC1. The molecule has 50 heavy (non-hydrogen) atoms. The molecule has 4 aliphatic heterocycles. The molecule has 250 valence electrons. The molecule has 9 heteroatoms. The maximum atomic E-state index is 14.3. The number of nitrogens with zero attached hydrogens (tertiary/aromatic N) is 3. The van der Waals surface area contributed by atoms with Crippen molar-refractivity contribution in [2.24, 2.45) is 5.92 Å². The second kappa shape index (κ2) is 12.0. The molecule has 0 unspecified atom stereocenters. The highest BCUT2D eigenvalue weighted by atomic mass is 32.2. The molecule has 1 fully saturated rings. The first-order valence-corrected chi connectivity index (χ1v) is 18.7. The van der Waals surface area contributed by atoms with Crippen molar-refractivity contribution in [1.82, 2.24) is 8.88 Å². The van der Waals surface area contributed by atoms with Crippen LogP contribution >= 0.6 is 0 Å². The van der Waals surface area contributed by atoms with Crippen molar-refractivity contribution in [3.63, 3.8) is 0 Å². The van der Waals surface area contributed by atoms with Gasteiger partial charge in [-0.2, -0.15) is 8.88 Å². The number of para-hydroxylation sites is 2. The topological polar surface area (TPSA) is 96.9 Å². The van der Waals surface area contributed by atoms with Crippen LogP contribution in [0.2, 0.25) is 0 Å². The van der Waals surface area contributed by atoms with Crippen LogP contribution < -0.4 is 19.9 Å². The molecule has 0 N–H and O–H groups in total. The Morgan fingerprint density at radius 1 is 0.780 bits per heavy atom. The van der Waals surface area contributed by atoms with Crippen molar-refractivity contribution in [1.29, 1.82) is 0 Å². The molecule has 1 aliphatic carbocycles. The van der Waals surface area contributed by atoms with Gasteiger partial charge in [0.1, 0.15) is 11.3 Å². The number of anilines is 2. The van der Waals surface area contributed by atoms with Crippen LogP contribution in [0.5, 0.6) is 0 Å². The predicted molar refractivity (Wildman–Crippen MR) is 192 cm³/mol. The van der Waals surface area contributed by atoms with E-state index in [0.29, 0.717) is 16.9 Å². The molecule has 0 amide bonds. The highest BCUT2D eigenvalue weighted by Crippen LogP contribution is 2.45. The third-order valence-electron chi connectivity index (χ3n) is 10.6. The minimum atomic E-state index is -3.96. The first-order chi connectivity index (χ1) is 24.4. The van der Waals surface area contributed by atoms with E-state index in [-0.39, 0.29) is 30.8 Å². The lowest BCUT2D eigenvalue weighted by molar-refractivity contribution is -0.312. The monoisotopic (exact) mass is 681 g/mol. The molecule has 4 aromatic rings. The highest BCUT2D eigenvalue weighted by Gasteiger charge is 2.33. The molecule has 0 saturated carbocycles. The van der Waals surface area contributed by atoms with Crippen molar-refractivity contribution in [3.05, 3.63) is 126 Å². The van der Waals surface area contributed by atoms with Gasteiger partial charge in [-0.15, -0.1) is 0 Å². The molecule has 9 rings (SSSR count). The number of piperidine rings is 1.